The summed E-state index contributed by atoms with van der Waals surface area (Å²) in [6.45, 7) is 8.38. The predicted molar refractivity (Wildman–Crippen MR) is 94.6 cm³/mol. The van der Waals surface area contributed by atoms with Gasteiger partial charge in [0.25, 0.3) is 0 Å². The van der Waals surface area contributed by atoms with Gasteiger partial charge in [-0.15, -0.1) is 0 Å². The summed E-state index contributed by atoms with van der Waals surface area (Å²) in [4.78, 5) is 2.31. The largest absolute Gasteiger partial charge is 0.508 e. The fourth-order valence-corrected chi connectivity index (χ4v) is 3.13. The number of phenolic OH excluding ortho intramolecular Hbond substituents is 1. The smallest absolute Gasteiger partial charge is 0.146 e. The van der Waals surface area contributed by atoms with Gasteiger partial charge in [0.1, 0.15) is 17.6 Å². The number of benzene rings is 2. The van der Waals surface area contributed by atoms with Crippen LogP contribution >= 0.6 is 0 Å². The summed E-state index contributed by atoms with van der Waals surface area (Å²) in [7, 11) is 0. The SMILES string of the molecule is CCN1CC(Cc2ccc(C(C)C)cc2)Oc2cc(O)ccc21. The average molecular weight is 311 g/mol. The summed E-state index contributed by atoms with van der Waals surface area (Å²) in [5, 5.41) is 9.71. The monoisotopic (exact) mass is 311 g/mol. The maximum atomic E-state index is 9.71. The van der Waals surface area contributed by atoms with Gasteiger partial charge in [0.15, 0.2) is 0 Å². The summed E-state index contributed by atoms with van der Waals surface area (Å²) in [6, 6.07) is 14.2. The first-order valence-electron chi connectivity index (χ1n) is 8.40. The van der Waals surface area contributed by atoms with Crippen LogP contribution in [-0.2, 0) is 6.42 Å². The molecule has 1 heterocycles. The number of hydrogen-bond acceptors (Lipinski definition) is 3. The summed E-state index contributed by atoms with van der Waals surface area (Å²) >= 11 is 0. The molecule has 0 saturated heterocycles. The number of anilines is 1. The van der Waals surface area contributed by atoms with Gasteiger partial charge in [0, 0.05) is 19.0 Å². The quantitative estimate of drug-likeness (QED) is 0.911. The van der Waals surface area contributed by atoms with Crippen LogP contribution < -0.4 is 9.64 Å². The third-order valence-electron chi connectivity index (χ3n) is 4.49. The second-order valence-electron chi connectivity index (χ2n) is 6.53. The zero-order valence-corrected chi connectivity index (χ0v) is 14.1. The molecule has 1 atom stereocenters. The van der Waals surface area contributed by atoms with Crippen LogP contribution in [0, 0.1) is 0 Å². The van der Waals surface area contributed by atoms with Gasteiger partial charge in [-0.3, -0.25) is 0 Å². The van der Waals surface area contributed by atoms with E-state index in [4.69, 9.17) is 4.74 Å². The second-order valence-corrected chi connectivity index (χ2v) is 6.53. The molecule has 3 nitrogen and oxygen atoms in total. The number of rotatable bonds is 4. The Bertz CT molecular complexity index is 664. The van der Waals surface area contributed by atoms with Crippen LogP contribution in [-0.4, -0.2) is 24.3 Å². The van der Waals surface area contributed by atoms with Gasteiger partial charge in [-0.2, -0.15) is 0 Å². The minimum absolute atomic E-state index is 0.106. The van der Waals surface area contributed by atoms with Crippen LogP contribution in [0.3, 0.4) is 0 Å². The van der Waals surface area contributed by atoms with Gasteiger partial charge in [-0.05, 0) is 36.1 Å². The number of hydrogen-bond donors (Lipinski definition) is 1. The van der Waals surface area contributed by atoms with E-state index in [1.807, 2.05) is 6.07 Å². The Labute approximate surface area is 138 Å². The standard InChI is InChI=1S/C20H25NO2/c1-4-21-13-18(23-20-12-17(22)9-10-19(20)21)11-15-5-7-16(8-6-15)14(2)3/h5-10,12,14,18,22H,4,11,13H2,1-3H3. The third kappa shape index (κ3) is 3.44. The number of fused-ring (bicyclic) bond motifs is 1. The highest BCUT2D eigenvalue weighted by Gasteiger charge is 2.25. The summed E-state index contributed by atoms with van der Waals surface area (Å²) in [5.74, 6) is 1.59. The molecule has 0 saturated carbocycles. The molecule has 2 aromatic carbocycles. The van der Waals surface area contributed by atoms with Crippen molar-refractivity contribution in [2.75, 3.05) is 18.0 Å². The first-order chi connectivity index (χ1) is 11.1. The molecule has 0 fully saturated rings. The van der Waals surface area contributed by atoms with Crippen molar-refractivity contribution in [1.82, 2.24) is 0 Å². The predicted octanol–water partition coefficient (Wildman–Crippen LogP) is 4.35. The van der Waals surface area contributed by atoms with Crippen molar-refractivity contribution in [2.45, 2.75) is 39.2 Å². The van der Waals surface area contributed by atoms with E-state index in [9.17, 15) is 5.11 Å². The van der Waals surface area contributed by atoms with Crippen molar-refractivity contribution in [3.05, 3.63) is 53.6 Å². The van der Waals surface area contributed by atoms with E-state index in [0.29, 0.717) is 5.92 Å². The zero-order chi connectivity index (χ0) is 16.4. The Morgan fingerprint density at radius 1 is 1.17 bits per heavy atom. The molecule has 0 amide bonds. The first kappa shape index (κ1) is 15.7. The van der Waals surface area contributed by atoms with E-state index in [-0.39, 0.29) is 11.9 Å². The van der Waals surface area contributed by atoms with Gasteiger partial charge >= 0.3 is 0 Å². The topological polar surface area (TPSA) is 32.7 Å². The third-order valence-corrected chi connectivity index (χ3v) is 4.49. The molecule has 0 radical (unpaired) electrons. The van der Waals surface area contributed by atoms with Crippen molar-refractivity contribution < 1.29 is 9.84 Å². The molecule has 0 bridgehead atoms. The number of aromatic hydroxyl groups is 1. The molecule has 0 spiro atoms. The average Bonchev–Trinajstić information content (AvgIpc) is 2.54. The van der Waals surface area contributed by atoms with E-state index in [1.54, 1.807) is 12.1 Å². The van der Waals surface area contributed by atoms with E-state index in [2.05, 4.69) is 49.9 Å². The molecule has 1 aliphatic rings. The van der Waals surface area contributed by atoms with E-state index >= 15 is 0 Å². The van der Waals surface area contributed by atoms with Crippen molar-refractivity contribution >= 4 is 5.69 Å². The Hall–Kier alpha value is -2.16. The zero-order valence-electron chi connectivity index (χ0n) is 14.1. The lowest BCUT2D eigenvalue weighted by Gasteiger charge is -2.35. The number of ether oxygens (including phenoxy) is 1. The molecule has 0 aliphatic carbocycles. The Kier molecular flexibility index (Phi) is 4.46. The van der Waals surface area contributed by atoms with E-state index < -0.39 is 0 Å². The molecule has 2 aromatic rings. The second kappa shape index (κ2) is 6.53. The molecule has 122 valence electrons. The normalized spacial score (nSPS) is 17.0. The highest BCUT2D eigenvalue weighted by Crippen LogP contribution is 2.36. The van der Waals surface area contributed by atoms with Gasteiger partial charge in [0.2, 0.25) is 0 Å². The lowest BCUT2D eigenvalue weighted by molar-refractivity contribution is 0.193. The lowest BCUT2D eigenvalue weighted by Crippen LogP contribution is -2.41. The Morgan fingerprint density at radius 3 is 2.57 bits per heavy atom. The van der Waals surface area contributed by atoms with Gasteiger partial charge in [-0.1, -0.05) is 38.1 Å². The van der Waals surface area contributed by atoms with Gasteiger partial charge in [-0.25, -0.2) is 0 Å². The summed E-state index contributed by atoms with van der Waals surface area (Å²) in [6.07, 6.45) is 0.985. The van der Waals surface area contributed by atoms with Crippen molar-refractivity contribution in [3.63, 3.8) is 0 Å². The van der Waals surface area contributed by atoms with E-state index in [0.717, 1.165) is 30.9 Å². The number of phenols is 1. The maximum absolute atomic E-state index is 9.71. The summed E-state index contributed by atoms with van der Waals surface area (Å²) in [5.41, 5.74) is 3.72. The number of nitrogens with zero attached hydrogens (tertiary/aromatic N) is 1. The fraction of sp³-hybridized carbons (Fsp3) is 0.400. The van der Waals surface area contributed by atoms with Crippen molar-refractivity contribution in [1.29, 1.82) is 0 Å². The highest BCUT2D eigenvalue weighted by atomic mass is 16.5. The molecule has 1 aliphatic heterocycles. The van der Waals surface area contributed by atoms with Crippen molar-refractivity contribution in [2.24, 2.45) is 0 Å². The molecule has 3 rings (SSSR count). The lowest BCUT2D eigenvalue weighted by atomic mass is 9.99. The number of likely N-dealkylation sites (N-methyl/N-ethyl adjacent to an activating group) is 1. The molecular weight excluding hydrogens is 286 g/mol. The molecule has 23 heavy (non-hydrogen) atoms. The first-order valence-corrected chi connectivity index (χ1v) is 8.40. The van der Waals surface area contributed by atoms with E-state index in [1.165, 1.54) is 11.1 Å². The van der Waals surface area contributed by atoms with Gasteiger partial charge < -0.3 is 14.7 Å². The summed E-state index contributed by atoms with van der Waals surface area (Å²) < 4.78 is 6.12. The van der Waals surface area contributed by atoms with Crippen LogP contribution in [0.4, 0.5) is 5.69 Å². The van der Waals surface area contributed by atoms with Crippen LogP contribution in [0.2, 0.25) is 0 Å². The Morgan fingerprint density at radius 2 is 1.91 bits per heavy atom. The van der Waals surface area contributed by atoms with Crippen LogP contribution in [0.1, 0.15) is 37.8 Å². The minimum Gasteiger partial charge on any atom is -0.508 e. The maximum Gasteiger partial charge on any atom is 0.146 e. The fourth-order valence-electron chi connectivity index (χ4n) is 3.13. The highest BCUT2D eigenvalue weighted by molar-refractivity contribution is 5.62. The van der Waals surface area contributed by atoms with Gasteiger partial charge in [0.05, 0.1) is 12.2 Å². The molecular formula is C20H25NO2. The minimum atomic E-state index is 0.106. The Balaban J connectivity index is 1.76. The molecule has 1 unspecified atom stereocenters. The molecule has 0 aromatic heterocycles. The van der Waals surface area contributed by atoms with Crippen LogP contribution in [0.5, 0.6) is 11.5 Å². The van der Waals surface area contributed by atoms with Crippen molar-refractivity contribution in [3.8, 4) is 11.5 Å². The van der Waals surface area contributed by atoms with Crippen LogP contribution in [0.25, 0.3) is 0 Å². The molecule has 3 heteroatoms. The molecule has 1 N–H and O–H groups in total. The van der Waals surface area contributed by atoms with Crippen LogP contribution in [0.15, 0.2) is 42.5 Å².